The van der Waals surface area contributed by atoms with Crippen molar-refractivity contribution in [1.29, 1.82) is 0 Å². The van der Waals surface area contributed by atoms with Gasteiger partial charge in [-0.15, -0.1) is 0 Å². The molecule has 3 nitrogen and oxygen atoms in total. The van der Waals surface area contributed by atoms with Gasteiger partial charge in [0.2, 0.25) is 5.91 Å². The fraction of sp³-hybridized carbons (Fsp3) is 0.846. The van der Waals surface area contributed by atoms with Gasteiger partial charge in [0, 0.05) is 6.04 Å². The number of carbonyl (C=O) groups excluding carboxylic acids is 1. The lowest BCUT2D eigenvalue weighted by molar-refractivity contribution is -0.125. The van der Waals surface area contributed by atoms with Gasteiger partial charge in [0.05, 0.1) is 10.9 Å². The first-order chi connectivity index (χ1) is 7.91. The Morgan fingerprint density at radius 3 is 2.53 bits per heavy atom. The molecule has 0 saturated heterocycles. The normalized spacial score (nSPS) is 26.6. The molecule has 98 valence electrons. The molecule has 0 aromatic rings. The standard InChI is InChI=1S/C13H24N2OS/c1-8(2)11(12(14)17)13(16)15-10-6-4-5-9(3)7-10/h8-11H,4-7H2,1-3H3,(H2,14,17)(H,15,16). The Bertz CT molecular complexity index is 291. The van der Waals surface area contributed by atoms with Gasteiger partial charge in [-0.3, -0.25) is 4.79 Å². The highest BCUT2D eigenvalue weighted by molar-refractivity contribution is 7.80. The zero-order valence-corrected chi connectivity index (χ0v) is 11.8. The summed E-state index contributed by atoms with van der Waals surface area (Å²) in [7, 11) is 0. The summed E-state index contributed by atoms with van der Waals surface area (Å²) in [6.07, 6.45) is 4.63. The van der Waals surface area contributed by atoms with Crippen molar-refractivity contribution in [2.45, 2.75) is 52.5 Å². The topological polar surface area (TPSA) is 55.1 Å². The van der Waals surface area contributed by atoms with Gasteiger partial charge in [-0.1, -0.05) is 45.8 Å². The van der Waals surface area contributed by atoms with Crippen LogP contribution in [-0.2, 0) is 4.79 Å². The van der Waals surface area contributed by atoms with Crippen molar-refractivity contribution < 1.29 is 4.79 Å². The van der Waals surface area contributed by atoms with E-state index in [1.165, 1.54) is 12.8 Å². The highest BCUT2D eigenvalue weighted by Crippen LogP contribution is 2.24. The van der Waals surface area contributed by atoms with Gasteiger partial charge >= 0.3 is 0 Å². The van der Waals surface area contributed by atoms with Gasteiger partial charge in [-0.05, 0) is 24.7 Å². The molecule has 3 unspecified atom stereocenters. The molecule has 1 saturated carbocycles. The van der Waals surface area contributed by atoms with Gasteiger partial charge in [-0.25, -0.2) is 0 Å². The maximum Gasteiger partial charge on any atom is 0.230 e. The fourth-order valence-electron chi connectivity index (χ4n) is 2.62. The molecule has 0 bridgehead atoms. The SMILES string of the molecule is CC1CCCC(NC(=O)C(C(N)=S)C(C)C)C1. The van der Waals surface area contributed by atoms with Crippen molar-refractivity contribution in [2.75, 3.05) is 0 Å². The van der Waals surface area contributed by atoms with E-state index < -0.39 is 0 Å². The summed E-state index contributed by atoms with van der Waals surface area (Å²) in [5, 5.41) is 3.11. The van der Waals surface area contributed by atoms with Crippen molar-refractivity contribution in [3.8, 4) is 0 Å². The fourth-order valence-corrected chi connectivity index (χ4v) is 3.00. The Balaban J connectivity index is 2.54. The number of hydrogen-bond acceptors (Lipinski definition) is 2. The lowest BCUT2D eigenvalue weighted by atomic mass is 9.86. The van der Waals surface area contributed by atoms with Gasteiger partial charge < -0.3 is 11.1 Å². The number of carbonyl (C=O) groups is 1. The molecule has 0 heterocycles. The summed E-state index contributed by atoms with van der Waals surface area (Å²) in [6, 6.07) is 0.307. The van der Waals surface area contributed by atoms with E-state index >= 15 is 0 Å². The van der Waals surface area contributed by atoms with Crippen LogP contribution in [0.3, 0.4) is 0 Å². The smallest absolute Gasteiger partial charge is 0.230 e. The molecule has 1 fully saturated rings. The van der Waals surface area contributed by atoms with Gasteiger partial charge in [0.25, 0.3) is 0 Å². The zero-order chi connectivity index (χ0) is 13.0. The molecule has 1 amide bonds. The lowest BCUT2D eigenvalue weighted by Gasteiger charge is -2.29. The molecule has 1 rings (SSSR count). The lowest BCUT2D eigenvalue weighted by Crippen LogP contribution is -2.46. The van der Waals surface area contributed by atoms with Gasteiger partial charge in [0.15, 0.2) is 0 Å². The van der Waals surface area contributed by atoms with Crippen LogP contribution in [0, 0.1) is 17.8 Å². The third-order valence-corrected chi connectivity index (χ3v) is 3.79. The molecule has 17 heavy (non-hydrogen) atoms. The Kier molecular flexibility index (Phi) is 5.37. The first-order valence-corrected chi connectivity index (χ1v) is 6.92. The predicted octanol–water partition coefficient (Wildman–Crippen LogP) is 2.24. The summed E-state index contributed by atoms with van der Waals surface area (Å²) in [5.41, 5.74) is 5.64. The number of amides is 1. The van der Waals surface area contributed by atoms with Crippen LogP contribution in [-0.4, -0.2) is 16.9 Å². The molecule has 0 aliphatic heterocycles. The Labute approximate surface area is 110 Å². The zero-order valence-electron chi connectivity index (χ0n) is 11.0. The summed E-state index contributed by atoms with van der Waals surface area (Å²) < 4.78 is 0. The second kappa shape index (κ2) is 6.34. The third-order valence-electron chi connectivity index (χ3n) is 3.54. The number of thiocarbonyl (C=S) groups is 1. The predicted molar refractivity (Wildman–Crippen MR) is 74.7 cm³/mol. The van der Waals surface area contributed by atoms with E-state index in [9.17, 15) is 4.79 Å². The molecule has 1 aliphatic carbocycles. The third kappa shape index (κ3) is 4.26. The molecule has 0 aromatic carbocycles. The molecule has 0 radical (unpaired) electrons. The summed E-state index contributed by atoms with van der Waals surface area (Å²) in [6.45, 7) is 6.20. The molecular formula is C13H24N2OS. The molecular weight excluding hydrogens is 232 g/mol. The van der Waals surface area contributed by atoms with Crippen molar-refractivity contribution in [3.05, 3.63) is 0 Å². The average Bonchev–Trinajstić information content (AvgIpc) is 2.15. The first kappa shape index (κ1) is 14.4. The van der Waals surface area contributed by atoms with Crippen LogP contribution >= 0.6 is 12.2 Å². The van der Waals surface area contributed by atoms with Crippen LogP contribution in [0.25, 0.3) is 0 Å². The minimum Gasteiger partial charge on any atom is -0.393 e. The van der Waals surface area contributed by atoms with Crippen LogP contribution < -0.4 is 11.1 Å². The van der Waals surface area contributed by atoms with Crippen LogP contribution in [0.15, 0.2) is 0 Å². The van der Waals surface area contributed by atoms with Gasteiger partial charge in [-0.2, -0.15) is 0 Å². The van der Waals surface area contributed by atoms with Crippen molar-refractivity contribution in [1.82, 2.24) is 5.32 Å². The summed E-state index contributed by atoms with van der Waals surface area (Å²) in [4.78, 5) is 12.4. The number of hydrogen-bond donors (Lipinski definition) is 2. The Morgan fingerprint density at radius 2 is 2.06 bits per heavy atom. The monoisotopic (exact) mass is 256 g/mol. The highest BCUT2D eigenvalue weighted by atomic mass is 32.1. The van der Waals surface area contributed by atoms with E-state index in [-0.39, 0.29) is 17.7 Å². The average molecular weight is 256 g/mol. The van der Waals surface area contributed by atoms with Gasteiger partial charge in [0.1, 0.15) is 0 Å². The summed E-state index contributed by atoms with van der Waals surface area (Å²) >= 11 is 4.98. The summed E-state index contributed by atoms with van der Waals surface area (Å²) in [5.74, 6) is 0.540. The molecule has 3 N–H and O–H groups in total. The highest BCUT2D eigenvalue weighted by Gasteiger charge is 2.28. The van der Waals surface area contributed by atoms with E-state index in [1.807, 2.05) is 13.8 Å². The van der Waals surface area contributed by atoms with Crippen molar-refractivity contribution >= 4 is 23.1 Å². The maximum absolute atomic E-state index is 12.1. The molecule has 4 heteroatoms. The maximum atomic E-state index is 12.1. The van der Waals surface area contributed by atoms with Crippen LogP contribution in [0.5, 0.6) is 0 Å². The van der Waals surface area contributed by atoms with E-state index in [4.69, 9.17) is 18.0 Å². The minimum atomic E-state index is -0.331. The number of rotatable bonds is 4. The van der Waals surface area contributed by atoms with Crippen molar-refractivity contribution in [2.24, 2.45) is 23.5 Å². The molecule has 3 atom stereocenters. The van der Waals surface area contributed by atoms with E-state index in [0.29, 0.717) is 16.9 Å². The molecule has 1 aliphatic rings. The molecule has 0 aromatic heterocycles. The van der Waals surface area contributed by atoms with Crippen molar-refractivity contribution in [3.63, 3.8) is 0 Å². The second-order valence-corrected chi connectivity index (χ2v) is 6.07. The first-order valence-electron chi connectivity index (χ1n) is 6.51. The Morgan fingerprint density at radius 1 is 1.41 bits per heavy atom. The minimum absolute atomic E-state index is 0.00611. The number of nitrogens with two attached hydrogens (primary N) is 1. The van der Waals surface area contributed by atoms with E-state index in [0.717, 1.165) is 12.8 Å². The van der Waals surface area contributed by atoms with E-state index in [2.05, 4.69) is 12.2 Å². The second-order valence-electron chi connectivity index (χ2n) is 5.60. The van der Waals surface area contributed by atoms with Crippen LogP contribution in [0.1, 0.15) is 46.5 Å². The largest absolute Gasteiger partial charge is 0.393 e. The van der Waals surface area contributed by atoms with E-state index in [1.54, 1.807) is 0 Å². The Hall–Kier alpha value is -0.640. The number of nitrogens with one attached hydrogen (secondary N) is 1. The quantitative estimate of drug-likeness (QED) is 0.759. The molecule has 0 spiro atoms. The van der Waals surface area contributed by atoms with Crippen LogP contribution in [0.2, 0.25) is 0 Å². The van der Waals surface area contributed by atoms with Crippen LogP contribution in [0.4, 0.5) is 0 Å².